The van der Waals surface area contributed by atoms with Gasteiger partial charge >= 0.3 is 0 Å². The van der Waals surface area contributed by atoms with Crippen LogP contribution in [0, 0.1) is 0 Å². The van der Waals surface area contributed by atoms with E-state index in [1.54, 1.807) is 7.11 Å². The van der Waals surface area contributed by atoms with Gasteiger partial charge in [-0.1, -0.05) is 6.07 Å². The van der Waals surface area contributed by atoms with Crippen molar-refractivity contribution in [2.45, 2.75) is 0 Å². The third-order valence-electron chi connectivity index (χ3n) is 2.09. The van der Waals surface area contributed by atoms with Gasteiger partial charge in [0.25, 0.3) is 0 Å². The predicted octanol–water partition coefficient (Wildman–Crippen LogP) is 0.946. The molecule has 0 aliphatic rings. The molecule has 0 aliphatic heterocycles. The molecule has 0 amide bonds. The van der Waals surface area contributed by atoms with Crippen molar-refractivity contribution in [3.8, 4) is 5.88 Å². The maximum Gasteiger partial charge on any atom is 0.213 e. The van der Waals surface area contributed by atoms with Crippen molar-refractivity contribution in [2.75, 3.05) is 18.7 Å². The third-order valence-corrected chi connectivity index (χ3v) is 2.09. The summed E-state index contributed by atoms with van der Waals surface area (Å²) in [5.41, 5.74) is 7.35. The minimum Gasteiger partial charge on any atom is -0.481 e. The van der Waals surface area contributed by atoms with Crippen LogP contribution in [0.2, 0.25) is 0 Å². The summed E-state index contributed by atoms with van der Waals surface area (Å²) in [7, 11) is 1.58. The maximum absolute atomic E-state index is 5.77. The fourth-order valence-electron chi connectivity index (χ4n) is 1.41. The molecule has 0 saturated carbocycles. The lowest BCUT2D eigenvalue weighted by atomic mass is 10.2. The lowest BCUT2D eigenvalue weighted by Gasteiger charge is -2.00. The summed E-state index contributed by atoms with van der Waals surface area (Å²) in [5, 5.41) is 0.918. The SMILES string of the molecule is COc1cc2c(N)cccc2n1N. The van der Waals surface area contributed by atoms with Gasteiger partial charge in [-0.15, -0.1) is 0 Å². The van der Waals surface area contributed by atoms with E-state index in [1.807, 2.05) is 24.3 Å². The van der Waals surface area contributed by atoms with E-state index in [0.717, 1.165) is 10.9 Å². The number of rotatable bonds is 1. The third kappa shape index (κ3) is 0.989. The summed E-state index contributed by atoms with van der Waals surface area (Å²) in [4.78, 5) is 0. The van der Waals surface area contributed by atoms with Crippen LogP contribution in [0.4, 0.5) is 5.69 Å². The second-order valence-corrected chi connectivity index (χ2v) is 2.84. The molecule has 1 heterocycles. The Morgan fingerprint density at radius 3 is 2.77 bits per heavy atom. The molecule has 4 N–H and O–H groups in total. The highest BCUT2D eigenvalue weighted by atomic mass is 16.5. The van der Waals surface area contributed by atoms with Crippen molar-refractivity contribution >= 4 is 16.6 Å². The van der Waals surface area contributed by atoms with E-state index in [9.17, 15) is 0 Å². The Hall–Kier alpha value is -1.84. The van der Waals surface area contributed by atoms with Crippen molar-refractivity contribution in [1.29, 1.82) is 0 Å². The highest BCUT2D eigenvalue weighted by molar-refractivity contribution is 5.92. The van der Waals surface area contributed by atoms with Crippen LogP contribution in [-0.4, -0.2) is 11.8 Å². The molecular weight excluding hydrogens is 166 g/mol. The van der Waals surface area contributed by atoms with E-state index >= 15 is 0 Å². The number of anilines is 1. The van der Waals surface area contributed by atoms with Crippen LogP contribution in [0.25, 0.3) is 10.9 Å². The number of methoxy groups -OCH3 is 1. The number of hydrogen-bond acceptors (Lipinski definition) is 3. The minimum atomic E-state index is 0.605. The van der Waals surface area contributed by atoms with E-state index < -0.39 is 0 Å². The number of nitrogens with two attached hydrogens (primary N) is 2. The summed E-state index contributed by atoms with van der Waals surface area (Å²) in [6.07, 6.45) is 0. The van der Waals surface area contributed by atoms with E-state index in [4.69, 9.17) is 16.3 Å². The molecule has 0 fully saturated rings. The fraction of sp³-hybridized carbons (Fsp3) is 0.111. The van der Waals surface area contributed by atoms with Gasteiger partial charge < -0.3 is 16.3 Å². The molecule has 4 heteroatoms. The Kier molecular flexibility index (Phi) is 1.55. The van der Waals surface area contributed by atoms with Crippen molar-refractivity contribution in [2.24, 2.45) is 0 Å². The monoisotopic (exact) mass is 177 g/mol. The molecule has 13 heavy (non-hydrogen) atoms. The second-order valence-electron chi connectivity index (χ2n) is 2.84. The molecule has 1 aromatic heterocycles. The summed E-state index contributed by atoms with van der Waals surface area (Å²) < 4.78 is 6.55. The van der Waals surface area contributed by atoms with Crippen molar-refractivity contribution in [3.63, 3.8) is 0 Å². The zero-order valence-electron chi connectivity index (χ0n) is 7.32. The van der Waals surface area contributed by atoms with Crippen LogP contribution in [0.3, 0.4) is 0 Å². The largest absolute Gasteiger partial charge is 0.481 e. The van der Waals surface area contributed by atoms with E-state index in [0.29, 0.717) is 11.6 Å². The summed E-state index contributed by atoms with van der Waals surface area (Å²) in [5.74, 6) is 6.36. The first-order valence-electron chi connectivity index (χ1n) is 3.93. The molecule has 0 unspecified atom stereocenters. The summed E-state index contributed by atoms with van der Waals surface area (Å²) in [6.45, 7) is 0. The molecule has 0 aliphatic carbocycles. The van der Waals surface area contributed by atoms with E-state index in [-0.39, 0.29) is 0 Å². The molecule has 68 valence electrons. The molecule has 4 nitrogen and oxygen atoms in total. The molecule has 2 aromatic rings. The van der Waals surface area contributed by atoms with E-state index in [2.05, 4.69) is 0 Å². The van der Waals surface area contributed by atoms with Gasteiger partial charge in [0.05, 0.1) is 12.6 Å². The average Bonchev–Trinajstić information content (AvgIpc) is 2.45. The number of fused-ring (bicyclic) bond motifs is 1. The average molecular weight is 177 g/mol. The number of ether oxygens (including phenoxy) is 1. The number of nitrogens with zero attached hydrogens (tertiary/aromatic N) is 1. The molecule has 0 atom stereocenters. The van der Waals surface area contributed by atoms with Crippen LogP contribution < -0.4 is 16.3 Å². The van der Waals surface area contributed by atoms with Gasteiger partial charge in [0, 0.05) is 17.1 Å². The van der Waals surface area contributed by atoms with Gasteiger partial charge in [-0.05, 0) is 12.1 Å². The first kappa shape index (κ1) is 7.79. The van der Waals surface area contributed by atoms with Crippen LogP contribution in [0.5, 0.6) is 5.88 Å². The molecule has 0 radical (unpaired) electrons. The zero-order chi connectivity index (χ0) is 9.42. The maximum atomic E-state index is 5.77. The number of benzene rings is 1. The smallest absolute Gasteiger partial charge is 0.213 e. The normalized spacial score (nSPS) is 10.5. The van der Waals surface area contributed by atoms with Crippen LogP contribution in [0.1, 0.15) is 0 Å². The molecule has 1 aromatic carbocycles. The molecule has 2 rings (SSSR count). The first-order chi connectivity index (χ1) is 6.24. The van der Waals surface area contributed by atoms with Crippen molar-refractivity contribution in [3.05, 3.63) is 24.3 Å². The fourth-order valence-corrected chi connectivity index (χ4v) is 1.41. The Bertz CT molecular complexity index is 447. The van der Waals surface area contributed by atoms with Gasteiger partial charge in [-0.2, -0.15) is 0 Å². The summed E-state index contributed by atoms with van der Waals surface area (Å²) in [6, 6.07) is 7.42. The molecule has 0 saturated heterocycles. The second kappa shape index (κ2) is 2.58. The van der Waals surface area contributed by atoms with Gasteiger partial charge in [-0.3, -0.25) is 0 Å². The van der Waals surface area contributed by atoms with Crippen molar-refractivity contribution in [1.82, 2.24) is 4.68 Å². The Morgan fingerprint density at radius 2 is 2.15 bits per heavy atom. The summed E-state index contributed by atoms with van der Waals surface area (Å²) >= 11 is 0. The predicted molar refractivity (Wildman–Crippen MR) is 53.1 cm³/mol. The highest BCUT2D eigenvalue weighted by Crippen LogP contribution is 2.26. The highest BCUT2D eigenvalue weighted by Gasteiger charge is 2.07. The van der Waals surface area contributed by atoms with Crippen LogP contribution in [0.15, 0.2) is 24.3 Å². The zero-order valence-corrected chi connectivity index (χ0v) is 7.32. The van der Waals surface area contributed by atoms with Gasteiger partial charge in [0.15, 0.2) is 0 Å². The molecule has 0 spiro atoms. The molecule has 0 bridgehead atoms. The number of aromatic nitrogens is 1. The number of nitrogen functional groups attached to an aromatic ring is 2. The Labute approximate surface area is 75.7 Å². The Balaban J connectivity index is 2.83. The lowest BCUT2D eigenvalue weighted by molar-refractivity contribution is 0.388. The molecular formula is C9H11N3O. The topological polar surface area (TPSA) is 66.2 Å². The van der Waals surface area contributed by atoms with Gasteiger partial charge in [0.1, 0.15) is 0 Å². The van der Waals surface area contributed by atoms with Crippen LogP contribution in [-0.2, 0) is 0 Å². The van der Waals surface area contributed by atoms with Gasteiger partial charge in [-0.25, -0.2) is 4.68 Å². The van der Waals surface area contributed by atoms with Crippen molar-refractivity contribution < 1.29 is 4.74 Å². The lowest BCUT2D eigenvalue weighted by Crippen LogP contribution is -2.08. The quantitative estimate of drug-likeness (QED) is 0.503. The minimum absolute atomic E-state index is 0.605. The first-order valence-corrected chi connectivity index (χ1v) is 3.93. The number of hydrogen-bond donors (Lipinski definition) is 2. The standard InChI is InChI=1S/C9H11N3O/c1-13-9-5-6-7(10)3-2-4-8(6)12(9)11/h2-5H,10-11H2,1H3. The van der Waals surface area contributed by atoms with E-state index in [1.165, 1.54) is 4.68 Å². The van der Waals surface area contributed by atoms with Crippen LogP contribution >= 0.6 is 0 Å². The Morgan fingerprint density at radius 1 is 1.38 bits per heavy atom. The van der Waals surface area contributed by atoms with Gasteiger partial charge in [0.2, 0.25) is 5.88 Å².